The average molecular weight is 376 g/mol. The fourth-order valence-electron chi connectivity index (χ4n) is 4.89. The maximum Gasteiger partial charge on any atom is 0.245 e. The summed E-state index contributed by atoms with van der Waals surface area (Å²) in [6, 6.07) is 29.3. The molecule has 0 aliphatic carbocycles. The van der Waals surface area contributed by atoms with Crippen molar-refractivity contribution < 1.29 is 0 Å². The monoisotopic (exact) mass is 376 g/mol. The lowest BCUT2D eigenvalue weighted by Gasteiger charge is -2.24. The molecule has 0 radical (unpaired) electrons. The fraction of sp³-hybridized carbons (Fsp3) is 0. The Hall–Kier alpha value is -2.49. The molecule has 124 valence electrons. The second-order valence-electron chi connectivity index (χ2n) is 7.29. The summed E-state index contributed by atoms with van der Waals surface area (Å²) in [7, 11) is 0. The van der Waals surface area contributed by atoms with Gasteiger partial charge in [-0.25, -0.2) is 0 Å². The Morgan fingerprint density at radius 3 is 2.48 bits per heavy atom. The smallest absolute Gasteiger partial charge is 0.135 e. The van der Waals surface area contributed by atoms with Crippen molar-refractivity contribution in [1.29, 1.82) is 0 Å². The van der Waals surface area contributed by atoms with Gasteiger partial charge in [-0.05, 0) is 34.8 Å². The van der Waals surface area contributed by atoms with E-state index < -0.39 is 0 Å². The van der Waals surface area contributed by atoms with Crippen LogP contribution in [0.5, 0.6) is 0 Å². The molecule has 0 amide bonds. The number of hydrogen-bond donors (Lipinski definition) is 0. The van der Waals surface area contributed by atoms with Crippen molar-refractivity contribution in [2.24, 2.45) is 0 Å². The van der Waals surface area contributed by atoms with E-state index in [4.69, 9.17) is 0 Å². The van der Waals surface area contributed by atoms with E-state index in [0.717, 1.165) is 0 Å². The Labute approximate surface area is 165 Å². The van der Waals surface area contributed by atoms with Gasteiger partial charge in [0.2, 0.25) is 6.71 Å². The van der Waals surface area contributed by atoms with Crippen LogP contribution in [0, 0.1) is 0 Å². The lowest BCUT2D eigenvalue weighted by Crippen LogP contribution is -2.52. The van der Waals surface area contributed by atoms with Gasteiger partial charge in [-0.1, -0.05) is 83.4 Å². The first-order chi connectivity index (χ1) is 13.4. The lowest BCUT2D eigenvalue weighted by atomic mass is 9.38. The van der Waals surface area contributed by atoms with Gasteiger partial charge < -0.3 is 0 Å². The molecular weight excluding hydrogens is 363 g/mol. The van der Waals surface area contributed by atoms with E-state index in [1.807, 2.05) is 23.1 Å². The highest BCUT2D eigenvalue weighted by Gasteiger charge is 2.40. The number of rotatable bonds is 0. The van der Waals surface area contributed by atoms with E-state index in [0.29, 0.717) is 6.71 Å². The summed E-state index contributed by atoms with van der Waals surface area (Å²) in [6.45, 7) is 0.367. The molecule has 1 aromatic heterocycles. The van der Waals surface area contributed by atoms with Crippen LogP contribution < -0.4 is 16.4 Å². The third-order valence-electron chi connectivity index (χ3n) is 5.97. The van der Waals surface area contributed by atoms with Crippen molar-refractivity contribution >= 4 is 66.4 Å². The molecule has 5 aromatic rings. The Balaban J connectivity index is 1.64. The minimum absolute atomic E-state index is 0.367. The van der Waals surface area contributed by atoms with Gasteiger partial charge in [0.15, 0.2) is 0 Å². The average Bonchev–Trinajstić information content (AvgIpc) is 3.26. The van der Waals surface area contributed by atoms with Crippen molar-refractivity contribution in [3.63, 3.8) is 0 Å². The molecule has 0 atom stereocenters. The van der Waals surface area contributed by atoms with E-state index in [2.05, 4.69) is 78.9 Å². The van der Waals surface area contributed by atoms with Crippen molar-refractivity contribution in [2.75, 3.05) is 0 Å². The fourth-order valence-corrected chi connectivity index (χ4v) is 7.40. The molecule has 0 unspecified atom stereocenters. The van der Waals surface area contributed by atoms with Crippen LogP contribution in [0.15, 0.2) is 88.7 Å². The molecule has 0 N–H and O–H groups in total. The highest BCUT2D eigenvalue weighted by atomic mass is 32.2. The number of hydrogen-bond acceptors (Lipinski definition) is 2. The Morgan fingerprint density at radius 1 is 0.630 bits per heavy atom. The highest BCUT2D eigenvalue weighted by Crippen LogP contribution is 2.44. The largest absolute Gasteiger partial charge is 0.245 e. The minimum atomic E-state index is 0.367. The number of thiophene rings is 1. The molecule has 0 fully saturated rings. The van der Waals surface area contributed by atoms with Crippen molar-refractivity contribution in [2.45, 2.75) is 9.79 Å². The first-order valence-corrected chi connectivity index (χ1v) is 10.9. The van der Waals surface area contributed by atoms with Gasteiger partial charge in [0.25, 0.3) is 0 Å². The van der Waals surface area contributed by atoms with Crippen LogP contribution in [0.2, 0.25) is 0 Å². The van der Waals surface area contributed by atoms with Crippen molar-refractivity contribution in [3.05, 3.63) is 78.9 Å². The van der Waals surface area contributed by atoms with Gasteiger partial charge in [-0.15, -0.1) is 11.3 Å². The maximum atomic E-state index is 2.38. The lowest BCUT2D eigenvalue weighted by molar-refractivity contribution is 1.48. The molecule has 7 rings (SSSR count). The minimum Gasteiger partial charge on any atom is -0.135 e. The standard InChI is InChI=1S/C24H13BS2/c1-3-9-17-14(6-1)15-8-5-11-21-23(15)25(17)18-12-13-20-22(24(18)27-21)16-7-2-4-10-19(16)26-20/h1-13H. The second-order valence-corrected chi connectivity index (χ2v) is 9.43. The van der Waals surface area contributed by atoms with Gasteiger partial charge >= 0.3 is 0 Å². The molecule has 0 nitrogen and oxygen atoms in total. The molecule has 0 saturated heterocycles. The van der Waals surface area contributed by atoms with E-state index in [9.17, 15) is 0 Å². The normalized spacial score (nSPS) is 13.7. The first kappa shape index (κ1) is 14.6. The van der Waals surface area contributed by atoms with Crippen LogP contribution >= 0.6 is 23.1 Å². The summed E-state index contributed by atoms with van der Waals surface area (Å²) < 4.78 is 2.78. The van der Waals surface area contributed by atoms with Crippen molar-refractivity contribution in [1.82, 2.24) is 0 Å². The quantitative estimate of drug-likeness (QED) is 0.335. The van der Waals surface area contributed by atoms with Gasteiger partial charge in [0, 0.05) is 30.0 Å². The SMILES string of the molecule is c1ccc2c(c1)B1c3ccc4sc5ccccc5c4c3Sc3cccc-2c31. The molecule has 0 spiro atoms. The summed E-state index contributed by atoms with van der Waals surface area (Å²) in [4.78, 5) is 2.88. The van der Waals surface area contributed by atoms with Crippen molar-refractivity contribution in [3.8, 4) is 11.1 Å². The Bertz CT molecular complexity index is 1410. The van der Waals surface area contributed by atoms with Crippen LogP contribution in [0.4, 0.5) is 0 Å². The zero-order chi connectivity index (χ0) is 17.5. The summed E-state index contributed by atoms with van der Waals surface area (Å²) in [5.74, 6) is 0. The van der Waals surface area contributed by atoms with E-state index in [-0.39, 0.29) is 0 Å². The summed E-state index contributed by atoms with van der Waals surface area (Å²) in [5.41, 5.74) is 7.26. The topological polar surface area (TPSA) is 0 Å². The molecular formula is C24H13BS2. The van der Waals surface area contributed by atoms with Crippen LogP contribution in [0.1, 0.15) is 0 Å². The molecule has 3 heterocycles. The third kappa shape index (κ3) is 1.77. The van der Waals surface area contributed by atoms with Gasteiger partial charge in [-0.2, -0.15) is 0 Å². The number of fused-ring (bicyclic) bond motifs is 9. The molecule has 27 heavy (non-hydrogen) atoms. The highest BCUT2D eigenvalue weighted by molar-refractivity contribution is 8.00. The molecule has 0 saturated carbocycles. The summed E-state index contributed by atoms with van der Waals surface area (Å²) >= 11 is 3.88. The maximum absolute atomic E-state index is 2.38. The Morgan fingerprint density at radius 2 is 1.48 bits per heavy atom. The third-order valence-corrected chi connectivity index (χ3v) is 8.32. The van der Waals surface area contributed by atoms with E-state index >= 15 is 0 Å². The van der Waals surface area contributed by atoms with Gasteiger partial charge in [0.1, 0.15) is 0 Å². The van der Waals surface area contributed by atoms with Crippen LogP contribution in [0.3, 0.4) is 0 Å². The molecule has 4 aromatic carbocycles. The molecule has 2 aliphatic rings. The number of benzene rings is 4. The predicted molar refractivity (Wildman–Crippen MR) is 120 cm³/mol. The summed E-state index contributed by atoms with van der Waals surface area (Å²) in [6.07, 6.45) is 0. The molecule has 3 heteroatoms. The molecule has 0 bridgehead atoms. The molecule has 2 aliphatic heterocycles. The second kappa shape index (κ2) is 5.06. The zero-order valence-corrected chi connectivity index (χ0v) is 16.0. The van der Waals surface area contributed by atoms with E-state index in [1.54, 1.807) is 0 Å². The summed E-state index contributed by atoms with van der Waals surface area (Å²) in [5, 5.41) is 2.84. The van der Waals surface area contributed by atoms with Gasteiger partial charge in [0.05, 0.1) is 0 Å². The first-order valence-electron chi connectivity index (χ1n) is 9.24. The van der Waals surface area contributed by atoms with Crippen LogP contribution in [-0.4, -0.2) is 6.71 Å². The van der Waals surface area contributed by atoms with E-state index in [1.165, 1.54) is 57.5 Å². The van der Waals surface area contributed by atoms with Gasteiger partial charge in [-0.3, -0.25) is 0 Å². The van der Waals surface area contributed by atoms with Crippen LogP contribution in [-0.2, 0) is 0 Å². The van der Waals surface area contributed by atoms with Crippen LogP contribution in [0.25, 0.3) is 31.3 Å². The predicted octanol–water partition coefficient (Wildman–Crippen LogP) is 5.02. The Kier molecular flexibility index (Phi) is 2.73. The zero-order valence-electron chi connectivity index (χ0n) is 14.4.